The normalized spacial score (nSPS) is 13.1. The van der Waals surface area contributed by atoms with Crippen molar-refractivity contribution < 1.29 is 65.3 Å². The molecule has 3 saturated carbocycles. The number of rotatable bonds is 23. The number of pyridine rings is 3. The molecule has 6 heterocycles. The Labute approximate surface area is 719 Å². The Morgan fingerprint density at radius 3 is 1.10 bits per heavy atom. The van der Waals surface area contributed by atoms with Crippen molar-refractivity contribution in [1.82, 2.24) is 43.6 Å². The molecule has 120 heavy (non-hydrogen) atoms. The van der Waals surface area contributed by atoms with E-state index in [9.17, 15) is 39.6 Å². The number of benzene rings is 8. The quantitative estimate of drug-likeness (QED) is 0.0459. The topological polar surface area (TPSA) is 310 Å². The summed E-state index contributed by atoms with van der Waals surface area (Å²) in [5, 5.41) is 1.73. The summed E-state index contributed by atoms with van der Waals surface area (Å²) < 4.78 is 119. The van der Waals surface area contributed by atoms with Crippen LogP contribution in [-0.4, -0.2) is 104 Å². The molecule has 6 aromatic heterocycles. The number of halogens is 2. The predicted molar refractivity (Wildman–Crippen MR) is 466 cm³/mol. The molecule has 0 unspecified atom stereocenters. The Hall–Kier alpha value is -11.5. The van der Waals surface area contributed by atoms with Crippen molar-refractivity contribution in [2.75, 3.05) is 48.9 Å². The van der Waals surface area contributed by atoms with Gasteiger partial charge in [-0.1, -0.05) is 65.2 Å². The van der Waals surface area contributed by atoms with Crippen LogP contribution < -0.4 is 53.7 Å². The molecule has 14 aromatic rings. The van der Waals surface area contributed by atoms with Gasteiger partial charge in [0.05, 0.1) is 96.9 Å². The van der Waals surface area contributed by atoms with Crippen molar-refractivity contribution in [2.24, 2.45) is 0 Å². The van der Waals surface area contributed by atoms with Crippen LogP contribution in [0.3, 0.4) is 0 Å². The molecule has 0 atom stereocenters. The molecule has 0 saturated heterocycles. The second-order valence-corrected chi connectivity index (χ2v) is 34.2. The van der Waals surface area contributed by atoms with Gasteiger partial charge in [-0.3, -0.25) is 28.1 Å². The zero-order valence-electron chi connectivity index (χ0n) is 66.0. The third-order valence-corrected chi connectivity index (χ3v) is 25.9. The average molecular weight is 1850 g/mol. The number of nitrogens with zero attached hydrogens (tertiary/aromatic N) is 11. The van der Waals surface area contributed by atoms with E-state index in [0.717, 1.165) is 45.6 Å². The molecule has 612 valence electrons. The van der Waals surface area contributed by atoms with Crippen molar-refractivity contribution in [3.8, 4) is 45.8 Å². The maximum absolute atomic E-state index is 14.1. The van der Waals surface area contributed by atoms with E-state index in [2.05, 4.69) is 70.6 Å². The van der Waals surface area contributed by atoms with Crippen LogP contribution in [0.4, 0.5) is 17.8 Å². The number of methoxy groups -OCH3 is 5. The summed E-state index contributed by atoms with van der Waals surface area (Å²) in [5.74, 6) is 4.14. The van der Waals surface area contributed by atoms with Gasteiger partial charge < -0.3 is 30.1 Å². The Balaban J connectivity index is 0.000000151. The van der Waals surface area contributed by atoms with Crippen molar-refractivity contribution in [3.05, 3.63) is 314 Å². The number of hydrogen-bond donors (Lipinski definition) is 1. The molecule has 32 heteroatoms. The first-order valence-electron chi connectivity index (χ1n) is 38.1. The number of ether oxygens (including phenoxy) is 5. The number of fused-ring (bicyclic) bond motifs is 3. The fourth-order valence-electron chi connectivity index (χ4n) is 13.6. The molecule has 26 nitrogen and oxygen atoms in total. The average Bonchev–Trinajstić information content (AvgIpc) is 0.763. The summed E-state index contributed by atoms with van der Waals surface area (Å²) in [6.07, 6.45) is 22.5. The number of aromatic nitrogens is 9. The Morgan fingerprint density at radius 2 is 0.758 bits per heavy atom. The second-order valence-electron chi connectivity index (χ2n) is 27.8. The standard InChI is InChI=1S/C32H30N4O5S.C28H23BrN4O5S.C24H22N4O4S.C4H7.BrH.Zn/c1-40-26-11-7-22(8-12-26)21-35(32-33-17-4-18-34-32)42(38,39)27-13-15-28-25(19-27)10-16-31(37)36(28)29-14-9-24(20-30(29)41-2)23-5-3-6-23;1-37-22-8-4-19(5-9-22)18-32(28-30-14-3-15-31-28)39(35,36)23-10-12-24-20(16-23)6-13-27(34)33(24)25-11-7-21(29)17-26(25)38-2;1-32-22-15-17(16-4-2-5-16)6-9-21(22)28-20-10-8-19(14-18(20)7-11-23(28)29)33(30,31)27-24-25-12-3-13-26-24;1-2-4-3-1;;/h4,7-20,23H,3,5-6,21H2,1-2H3;3-17H,18H2,1-2H3;3,6-16H,2,4-5H2,1H3,(H,25,26,27);1H,2-4H2;1H;/q;;;-1;;+2/p-1. The summed E-state index contributed by atoms with van der Waals surface area (Å²) in [4.78, 5) is 63.8. The monoisotopic (exact) mass is 1850 g/mol. The Bertz CT molecular complexity index is 6540. The number of hydrogen-bond acceptors (Lipinski definition) is 20. The summed E-state index contributed by atoms with van der Waals surface area (Å²) >= 11 is 7.67. The molecule has 0 aliphatic heterocycles. The summed E-state index contributed by atoms with van der Waals surface area (Å²) in [5.41, 5.74) is 6.52. The third-order valence-electron chi connectivity index (χ3n) is 20.6. The van der Waals surface area contributed by atoms with Gasteiger partial charge in [0, 0.05) is 76.0 Å². The minimum absolute atomic E-state index is 0.00394. The summed E-state index contributed by atoms with van der Waals surface area (Å²) in [6.45, 7) is 0.0163. The van der Waals surface area contributed by atoms with Gasteiger partial charge in [-0.15, -0.1) is 6.42 Å². The molecule has 3 fully saturated rings. The van der Waals surface area contributed by atoms with Crippen molar-refractivity contribution in [2.45, 2.75) is 97.4 Å². The number of nitrogens with one attached hydrogen (secondary N) is 1. The molecule has 0 radical (unpaired) electrons. The summed E-state index contributed by atoms with van der Waals surface area (Å²) in [6, 6.07) is 59.3. The maximum atomic E-state index is 14.1. The molecule has 8 aromatic carbocycles. The van der Waals surface area contributed by atoms with Gasteiger partial charge in [0.15, 0.2) is 0 Å². The zero-order chi connectivity index (χ0) is 84.7. The number of sulfonamides is 3. The van der Waals surface area contributed by atoms with E-state index in [0.29, 0.717) is 90.4 Å². The van der Waals surface area contributed by atoms with Gasteiger partial charge in [0.25, 0.3) is 46.7 Å². The third kappa shape index (κ3) is 19.5. The zero-order valence-corrected chi connectivity index (χ0v) is 74.6. The minimum atomic E-state index is -4.11. The van der Waals surface area contributed by atoms with E-state index in [1.165, 1.54) is 161 Å². The van der Waals surface area contributed by atoms with Crippen LogP contribution in [0.25, 0.3) is 49.8 Å². The molecule has 0 spiro atoms. The van der Waals surface area contributed by atoms with E-state index in [1.807, 2.05) is 36.4 Å². The first-order chi connectivity index (χ1) is 58.2. The van der Waals surface area contributed by atoms with Crippen molar-refractivity contribution in [3.63, 3.8) is 0 Å². The predicted octanol–water partition coefficient (Wildman–Crippen LogP) is 16.5. The van der Waals surface area contributed by atoms with Crippen LogP contribution in [0.5, 0.6) is 28.7 Å². The fourth-order valence-corrected chi connectivity index (χ4v) is 17.8. The van der Waals surface area contributed by atoms with Gasteiger partial charge in [0.1, 0.15) is 28.7 Å². The first kappa shape index (κ1) is 86.3. The van der Waals surface area contributed by atoms with Gasteiger partial charge in [0.2, 0.25) is 17.8 Å². The van der Waals surface area contributed by atoms with Crippen molar-refractivity contribution >= 4 is 110 Å². The molecule has 3 aliphatic carbocycles. The van der Waals surface area contributed by atoms with E-state index >= 15 is 0 Å². The molecular weight excluding hydrogens is 1770 g/mol. The van der Waals surface area contributed by atoms with Gasteiger partial charge in [-0.05, 0) is 217 Å². The van der Waals surface area contributed by atoms with Crippen LogP contribution in [0, 0.1) is 6.42 Å². The molecule has 17 rings (SSSR count). The summed E-state index contributed by atoms with van der Waals surface area (Å²) in [7, 11) is -4.28. The van der Waals surface area contributed by atoms with Crippen molar-refractivity contribution in [1.29, 1.82) is 0 Å². The van der Waals surface area contributed by atoms with E-state index in [1.54, 1.807) is 165 Å². The van der Waals surface area contributed by atoms with E-state index < -0.39 is 30.1 Å². The Morgan fingerprint density at radius 1 is 0.417 bits per heavy atom. The van der Waals surface area contributed by atoms with Crippen LogP contribution in [0.15, 0.2) is 283 Å². The molecular formula is C88H82Br2N12O14S3Zn. The first-order valence-corrected chi connectivity index (χ1v) is 50.2. The Kier molecular flexibility index (Phi) is 28.1. The van der Waals surface area contributed by atoms with Crippen LogP contribution >= 0.6 is 29.6 Å². The molecule has 3 aliphatic rings. The van der Waals surface area contributed by atoms with Crippen LogP contribution in [0.2, 0.25) is 0 Å². The fraction of sp³-hybridized carbons (Fsp3) is 0.205. The van der Waals surface area contributed by atoms with E-state index in [4.69, 9.17) is 23.7 Å². The van der Waals surface area contributed by atoms with Gasteiger partial charge in [-0.25, -0.2) is 68.5 Å². The van der Waals surface area contributed by atoms with Gasteiger partial charge in [-0.2, -0.15) is 12.8 Å². The molecule has 0 amide bonds. The molecule has 0 bridgehead atoms. The second kappa shape index (κ2) is 39.1. The van der Waals surface area contributed by atoms with Crippen LogP contribution in [0.1, 0.15) is 91.9 Å². The number of anilines is 3. The molecule has 1 N–H and O–H groups in total. The van der Waals surface area contributed by atoms with E-state index in [-0.39, 0.29) is 62.3 Å². The van der Waals surface area contributed by atoms with Gasteiger partial charge >= 0.3 is 30.0 Å². The van der Waals surface area contributed by atoms with Crippen LogP contribution in [-0.2, 0) is 59.5 Å². The SMILES string of the molecule is COc1cc(C2CCC2)ccc1-n1c(=O)ccc2cc(S(=O)(=O)Nc3ncccn3)ccc21.COc1ccc(CN(c2ncccn2)S(=O)(=O)c2ccc3c(ccc(=O)n3-c3ccc(Br)cc3OC)c2)cc1.COc1ccc(CN(c2ncccn2)S(=O)(=O)c2ccc3c(ccc(=O)n3-c3ccc(C4CCC4)cc3OC)c2)cc1.[CH-]1CCC1.[Zn+][Br].